The molecule has 2 aromatic rings. The lowest BCUT2D eigenvalue weighted by Gasteiger charge is -2.31. The number of nitrogens with zero attached hydrogens (tertiary/aromatic N) is 5. The normalized spacial score (nSPS) is 15.6. The summed E-state index contributed by atoms with van der Waals surface area (Å²) in [5.74, 6) is 1.04. The Labute approximate surface area is 148 Å². The highest BCUT2D eigenvalue weighted by atomic mass is 16.2. The highest BCUT2D eigenvalue weighted by Crippen LogP contribution is 2.26. The third-order valence-electron chi connectivity index (χ3n) is 4.49. The van der Waals surface area contributed by atoms with Gasteiger partial charge in [-0.3, -0.25) is 10.00 Å². The number of hydrogen-bond donors (Lipinski definition) is 1. The van der Waals surface area contributed by atoms with Gasteiger partial charge < -0.3 is 9.80 Å². The lowest BCUT2D eigenvalue weighted by atomic mass is 9.94. The molecule has 0 bridgehead atoms. The fraction of sp³-hybridized carbons (Fsp3) is 0.500. The van der Waals surface area contributed by atoms with Gasteiger partial charge in [0.1, 0.15) is 5.82 Å². The molecule has 2 amide bonds. The van der Waals surface area contributed by atoms with E-state index >= 15 is 0 Å². The van der Waals surface area contributed by atoms with E-state index in [1.165, 1.54) is 0 Å². The number of piperidine rings is 1. The van der Waals surface area contributed by atoms with Crippen molar-refractivity contribution in [2.24, 2.45) is 7.05 Å². The maximum absolute atomic E-state index is 12.5. The van der Waals surface area contributed by atoms with Crippen molar-refractivity contribution in [1.29, 1.82) is 0 Å². The maximum Gasteiger partial charge on any atom is 0.323 e. The number of aromatic nitrogens is 3. The first-order valence-electron chi connectivity index (χ1n) is 8.66. The van der Waals surface area contributed by atoms with E-state index in [0.29, 0.717) is 11.7 Å². The molecule has 1 aliphatic rings. The third-order valence-corrected chi connectivity index (χ3v) is 4.49. The molecule has 134 valence electrons. The number of carbonyl (C=O) groups is 1. The molecule has 0 spiro atoms. The number of pyridine rings is 1. The molecule has 0 aromatic carbocycles. The first-order valence-corrected chi connectivity index (χ1v) is 8.66. The van der Waals surface area contributed by atoms with Crippen molar-refractivity contribution in [3.63, 3.8) is 0 Å². The molecule has 1 N–H and O–H groups in total. The molecule has 1 saturated heterocycles. The van der Waals surface area contributed by atoms with Crippen LogP contribution in [0.25, 0.3) is 0 Å². The van der Waals surface area contributed by atoms with Gasteiger partial charge in [0.15, 0.2) is 0 Å². The molecule has 0 aliphatic carbocycles. The molecule has 1 aliphatic heterocycles. The van der Waals surface area contributed by atoms with Crippen LogP contribution < -0.4 is 5.32 Å². The zero-order valence-electron chi connectivity index (χ0n) is 15.1. The van der Waals surface area contributed by atoms with Crippen LogP contribution in [0.1, 0.15) is 30.0 Å². The zero-order chi connectivity index (χ0) is 17.8. The van der Waals surface area contributed by atoms with Gasteiger partial charge in [0.25, 0.3) is 0 Å². The minimum Gasteiger partial charge on any atom is -0.324 e. The Morgan fingerprint density at radius 2 is 2.08 bits per heavy atom. The van der Waals surface area contributed by atoms with E-state index in [4.69, 9.17) is 0 Å². The zero-order valence-corrected chi connectivity index (χ0v) is 15.1. The Balaban J connectivity index is 1.54. The summed E-state index contributed by atoms with van der Waals surface area (Å²) in [6.45, 7) is 2.30. The van der Waals surface area contributed by atoms with Crippen LogP contribution in [-0.2, 0) is 13.6 Å². The van der Waals surface area contributed by atoms with Gasteiger partial charge in [0.2, 0.25) is 0 Å². The van der Waals surface area contributed by atoms with Crippen molar-refractivity contribution >= 4 is 11.8 Å². The van der Waals surface area contributed by atoms with Crippen LogP contribution in [0.4, 0.5) is 10.6 Å². The Morgan fingerprint density at radius 1 is 1.32 bits per heavy atom. The highest BCUT2D eigenvalue weighted by Gasteiger charge is 2.25. The van der Waals surface area contributed by atoms with Crippen molar-refractivity contribution in [2.45, 2.75) is 25.3 Å². The second-order valence-electron chi connectivity index (χ2n) is 6.89. The fourth-order valence-corrected chi connectivity index (χ4v) is 3.22. The SMILES string of the molecule is CN(C)Cc1ccnc(NC(=O)N2CCC(c3ccn(C)n3)CC2)c1. The van der Waals surface area contributed by atoms with Gasteiger partial charge in [-0.15, -0.1) is 0 Å². The number of likely N-dealkylation sites (tertiary alicyclic amines) is 1. The summed E-state index contributed by atoms with van der Waals surface area (Å²) in [5, 5.41) is 7.41. The van der Waals surface area contributed by atoms with Crippen molar-refractivity contribution in [3.05, 3.63) is 41.9 Å². The Hall–Kier alpha value is -2.41. The molecule has 1 fully saturated rings. The van der Waals surface area contributed by atoms with Crippen molar-refractivity contribution in [2.75, 3.05) is 32.5 Å². The van der Waals surface area contributed by atoms with E-state index in [1.807, 2.05) is 49.1 Å². The minimum absolute atomic E-state index is 0.0750. The number of aryl methyl sites for hydroxylation is 1. The van der Waals surface area contributed by atoms with Crippen LogP contribution in [0.15, 0.2) is 30.6 Å². The van der Waals surface area contributed by atoms with Crippen molar-refractivity contribution in [3.8, 4) is 0 Å². The quantitative estimate of drug-likeness (QED) is 0.926. The Bertz CT molecular complexity index is 718. The fourth-order valence-electron chi connectivity index (χ4n) is 3.22. The van der Waals surface area contributed by atoms with Gasteiger partial charge in [0, 0.05) is 45.0 Å². The average molecular weight is 342 g/mol. The summed E-state index contributed by atoms with van der Waals surface area (Å²) in [6, 6.07) is 5.89. The number of nitrogens with one attached hydrogen (secondary N) is 1. The number of amides is 2. The summed E-state index contributed by atoms with van der Waals surface area (Å²) >= 11 is 0. The van der Waals surface area contributed by atoms with Gasteiger partial charge in [-0.2, -0.15) is 5.10 Å². The van der Waals surface area contributed by atoms with Crippen molar-refractivity contribution in [1.82, 2.24) is 24.6 Å². The number of anilines is 1. The number of urea groups is 1. The second-order valence-corrected chi connectivity index (χ2v) is 6.89. The molecule has 0 unspecified atom stereocenters. The lowest BCUT2D eigenvalue weighted by Crippen LogP contribution is -2.40. The van der Waals surface area contributed by atoms with Gasteiger partial charge in [-0.05, 0) is 50.7 Å². The van der Waals surface area contributed by atoms with E-state index < -0.39 is 0 Å². The number of hydrogen-bond acceptors (Lipinski definition) is 4. The van der Waals surface area contributed by atoms with E-state index in [1.54, 1.807) is 6.20 Å². The van der Waals surface area contributed by atoms with Crippen LogP contribution in [-0.4, -0.2) is 57.8 Å². The van der Waals surface area contributed by atoms with Crippen LogP contribution >= 0.6 is 0 Å². The molecular formula is C18H26N6O. The largest absolute Gasteiger partial charge is 0.324 e. The molecular weight excluding hydrogens is 316 g/mol. The molecule has 2 aromatic heterocycles. The van der Waals surface area contributed by atoms with Crippen LogP contribution in [0.3, 0.4) is 0 Å². The van der Waals surface area contributed by atoms with Gasteiger partial charge in [0.05, 0.1) is 5.69 Å². The summed E-state index contributed by atoms with van der Waals surface area (Å²) in [5.41, 5.74) is 2.25. The van der Waals surface area contributed by atoms with E-state index in [0.717, 1.165) is 43.7 Å². The van der Waals surface area contributed by atoms with E-state index in [-0.39, 0.29) is 6.03 Å². The molecule has 25 heavy (non-hydrogen) atoms. The predicted octanol–water partition coefficient (Wildman–Crippen LogP) is 2.29. The number of carbonyl (C=O) groups excluding carboxylic acids is 1. The number of rotatable bonds is 4. The lowest BCUT2D eigenvalue weighted by molar-refractivity contribution is 0.194. The van der Waals surface area contributed by atoms with Crippen molar-refractivity contribution < 1.29 is 4.79 Å². The van der Waals surface area contributed by atoms with Gasteiger partial charge in [-0.1, -0.05) is 0 Å². The van der Waals surface area contributed by atoms with E-state index in [9.17, 15) is 4.79 Å². The van der Waals surface area contributed by atoms with Crippen LogP contribution in [0, 0.1) is 0 Å². The topological polar surface area (TPSA) is 66.3 Å². The molecule has 0 saturated carbocycles. The highest BCUT2D eigenvalue weighted by molar-refractivity contribution is 5.88. The molecule has 3 heterocycles. The standard InChI is InChI=1S/C18H26N6O/c1-22(2)13-14-4-8-19-17(12-14)20-18(25)24-10-5-15(6-11-24)16-7-9-23(3)21-16/h4,7-9,12,15H,5-6,10-11,13H2,1-3H3,(H,19,20,25). The minimum atomic E-state index is -0.0750. The molecule has 3 rings (SSSR count). The van der Waals surface area contributed by atoms with Crippen LogP contribution in [0.5, 0.6) is 0 Å². The molecule has 0 atom stereocenters. The molecule has 0 radical (unpaired) electrons. The van der Waals surface area contributed by atoms with E-state index in [2.05, 4.69) is 26.4 Å². The maximum atomic E-state index is 12.5. The Morgan fingerprint density at radius 3 is 2.72 bits per heavy atom. The average Bonchev–Trinajstić information content (AvgIpc) is 3.01. The molecule has 7 nitrogen and oxygen atoms in total. The summed E-state index contributed by atoms with van der Waals surface area (Å²) < 4.78 is 1.83. The Kier molecular flexibility index (Phi) is 5.33. The van der Waals surface area contributed by atoms with Crippen LogP contribution in [0.2, 0.25) is 0 Å². The first kappa shape index (κ1) is 17.4. The predicted molar refractivity (Wildman–Crippen MR) is 97.4 cm³/mol. The summed E-state index contributed by atoms with van der Waals surface area (Å²) in [7, 11) is 5.97. The molecule has 7 heteroatoms. The summed E-state index contributed by atoms with van der Waals surface area (Å²) in [6.07, 6.45) is 5.60. The first-order chi connectivity index (χ1) is 12.0. The summed E-state index contributed by atoms with van der Waals surface area (Å²) in [4.78, 5) is 20.7. The van der Waals surface area contributed by atoms with Gasteiger partial charge >= 0.3 is 6.03 Å². The second kappa shape index (κ2) is 7.65. The monoisotopic (exact) mass is 342 g/mol. The smallest absolute Gasteiger partial charge is 0.323 e. The van der Waals surface area contributed by atoms with Gasteiger partial charge in [-0.25, -0.2) is 9.78 Å². The third kappa shape index (κ3) is 4.57.